The third kappa shape index (κ3) is 3.46. The van der Waals surface area contributed by atoms with E-state index in [9.17, 15) is 8.42 Å². The van der Waals surface area contributed by atoms with Crippen molar-refractivity contribution in [2.24, 2.45) is 0 Å². The van der Waals surface area contributed by atoms with Crippen LogP contribution in [-0.2, 0) is 10.0 Å². The zero-order valence-corrected chi connectivity index (χ0v) is 13.1. The van der Waals surface area contributed by atoms with Crippen molar-refractivity contribution in [3.05, 3.63) is 48.5 Å². The van der Waals surface area contributed by atoms with E-state index < -0.39 is 10.0 Å². The molecule has 0 unspecified atom stereocenters. The van der Waals surface area contributed by atoms with Gasteiger partial charge in [0.2, 0.25) is 0 Å². The molecule has 0 aromatic heterocycles. The molecular formula is C15H19N3O2S. The lowest BCUT2D eigenvalue weighted by Gasteiger charge is -2.18. The van der Waals surface area contributed by atoms with Crippen molar-refractivity contribution in [1.29, 1.82) is 0 Å². The lowest BCUT2D eigenvalue weighted by Crippen LogP contribution is -2.17. The van der Waals surface area contributed by atoms with E-state index in [2.05, 4.69) is 10.0 Å². The van der Waals surface area contributed by atoms with E-state index in [0.717, 1.165) is 11.4 Å². The van der Waals surface area contributed by atoms with Gasteiger partial charge in [-0.25, -0.2) is 8.42 Å². The molecule has 2 rings (SSSR count). The van der Waals surface area contributed by atoms with Crippen LogP contribution >= 0.6 is 0 Å². The summed E-state index contributed by atoms with van der Waals surface area (Å²) in [6, 6.07) is 13.9. The van der Waals surface area contributed by atoms with E-state index in [-0.39, 0.29) is 4.90 Å². The molecule has 0 aliphatic heterocycles. The van der Waals surface area contributed by atoms with Crippen molar-refractivity contribution < 1.29 is 8.42 Å². The van der Waals surface area contributed by atoms with Crippen LogP contribution in [0.4, 0.5) is 17.1 Å². The summed E-state index contributed by atoms with van der Waals surface area (Å²) in [5.41, 5.74) is 2.23. The highest BCUT2D eigenvalue weighted by Gasteiger charge is 2.16. The Hall–Kier alpha value is -2.21. The Morgan fingerprint density at radius 1 is 0.952 bits per heavy atom. The number of hydrogen-bond acceptors (Lipinski definition) is 4. The van der Waals surface area contributed by atoms with Gasteiger partial charge in [-0.1, -0.05) is 12.1 Å². The third-order valence-corrected chi connectivity index (χ3v) is 4.46. The van der Waals surface area contributed by atoms with E-state index in [1.807, 2.05) is 31.1 Å². The Balaban J connectivity index is 2.33. The fraction of sp³-hybridized carbons (Fsp3) is 0.200. The lowest BCUT2D eigenvalue weighted by atomic mass is 10.2. The molecule has 0 saturated heterocycles. The summed E-state index contributed by atoms with van der Waals surface area (Å²) >= 11 is 0. The van der Waals surface area contributed by atoms with Gasteiger partial charge in [-0.3, -0.25) is 4.72 Å². The van der Waals surface area contributed by atoms with Gasteiger partial charge in [0.05, 0.1) is 16.3 Å². The summed E-state index contributed by atoms with van der Waals surface area (Å²) in [5.74, 6) is 0. The number of sulfonamides is 1. The third-order valence-electron chi connectivity index (χ3n) is 3.08. The summed E-state index contributed by atoms with van der Waals surface area (Å²) in [7, 11) is 1.93. The zero-order valence-electron chi connectivity index (χ0n) is 12.3. The number of benzene rings is 2. The maximum atomic E-state index is 12.4. The summed E-state index contributed by atoms with van der Waals surface area (Å²) < 4.78 is 27.5. The van der Waals surface area contributed by atoms with Crippen molar-refractivity contribution in [2.45, 2.75) is 4.90 Å². The average molecular weight is 305 g/mol. The molecule has 0 amide bonds. The summed E-state index contributed by atoms with van der Waals surface area (Å²) in [4.78, 5) is 2.09. The molecule has 0 fully saturated rings. The molecule has 112 valence electrons. The molecule has 0 aliphatic carbocycles. The molecule has 0 bridgehead atoms. The second-order valence-corrected chi connectivity index (χ2v) is 6.47. The molecular weight excluding hydrogens is 286 g/mol. The van der Waals surface area contributed by atoms with Crippen LogP contribution in [0, 0.1) is 0 Å². The van der Waals surface area contributed by atoms with Gasteiger partial charge in [0.15, 0.2) is 0 Å². The number of nitrogens with zero attached hydrogens (tertiary/aromatic N) is 1. The second kappa shape index (κ2) is 6.05. The molecule has 0 atom stereocenters. The molecule has 2 aromatic carbocycles. The maximum absolute atomic E-state index is 12.4. The first-order valence-electron chi connectivity index (χ1n) is 6.51. The molecule has 0 saturated carbocycles. The smallest absolute Gasteiger partial charge is 0.261 e. The minimum absolute atomic E-state index is 0.232. The second-order valence-electron chi connectivity index (χ2n) is 4.79. The molecule has 0 heterocycles. The zero-order chi connectivity index (χ0) is 15.5. The largest absolute Gasteiger partial charge is 0.388 e. The molecule has 2 N–H and O–H groups in total. The van der Waals surface area contributed by atoms with Crippen LogP contribution in [0.1, 0.15) is 0 Å². The topological polar surface area (TPSA) is 61.4 Å². The van der Waals surface area contributed by atoms with E-state index in [0.29, 0.717) is 5.69 Å². The standard InChI is InChI=1S/C15H19N3O2S/c1-16-12-8-10-13(11-9-12)21(19,20)17-14-6-4-5-7-15(14)18(2)3/h4-11,16-17H,1-3H3. The van der Waals surface area contributed by atoms with Gasteiger partial charge in [0, 0.05) is 26.8 Å². The van der Waals surface area contributed by atoms with Crippen LogP contribution in [0.5, 0.6) is 0 Å². The molecule has 0 radical (unpaired) electrons. The van der Waals surface area contributed by atoms with E-state index in [4.69, 9.17) is 0 Å². The predicted octanol–water partition coefficient (Wildman–Crippen LogP) is 2.60. The van der Waals surface area contributed by atoms with E-state index in [1.54, 1.807) is 43.4 Å². The van der Waals surface area contributed by atoms with Gasteiger partial charge < -0.3 is 10.2 Å². The van der Waals surface area contributed by atoms with E-state index >= 15 is 0 Å². The number of anilines is 3. The van der Waals surface area contributed by atoms with Gasteiger partial charge in [-0.15, -0.1) is 0 Å². The Bertz CT molecular complexity index is 710. The van der Waals surface area contributed by atoms with Crippen molar-refractivity contribution in [1.82, 2.24) is 0 Å². The Morgan fingerprint density at radius 3 is 2.14 bits per heavy atom. The lowest BCUT2D eigenvalue weighted by molar-refractivity contribution is 0.601. The number of hydrogen-bond donors (Lipinski definition) is 2. The summed E-state index contributed by atoms with van der Waals surface area (Å²) in [6.07, 6.45) is 0. The van der Waals surface area contributed by atoms with Crippen LogP contribution in [-0.4, -0.2) is 29.6 Å². The minimum atomic E-state index is -3.60. The SMILES string of the molecule is CNc1ccc(S(=O)(=O)Nc2ccccc2N(C)C)cc1. The highest BCUT2D eigenvalue weighted by molar-refractivity contribution is 7.92. The van der Waals surface area contributed by atoms with Gasteiger partial charge in [0.1, 0.15) is 0 Å². The maximum Gasteiger partial charge on any atom is 0.261 e. The van der Waals surface area contributed by atoms with Crippen LogP contribution < -0.4 is 14.9 Å². The highest BCUT2D eigenvalue weighted by atomic mass is 32.2. The first-order chi connectivity index (χ1) is 9.94. The normalized spacial score (nSPS) is 11.0. The monoisotopic (exact) mass is 305 g/mol. The average Bonchev–Trinajstić information content (AvgIpc) is 2.47. The highest BCUT2D eigenvalue weighted by Crippen LogP contribution is 2.26. The van der Waals surface area contributed by atoms with Gasteiger partial charge in [-0.05, 0) is 36.4 Å². The van der Waals surface area contributed by atoms with Gasteiger partial charge >= 0.3 is 0 Å². The van der Waals surface area contributed by atoms with Crippen LogP contribution in [0.2, 0.25) is 0 Å². The van der Waals surface area contributed by atoms with Gasteiger partial charge in [0.25, 0.3) is 10.0 Å². The fourth-order valence-corrected chi connectivity index (χ4v) is 3.03. The van der Waals surface area contributed by atoms with Crippen molar-refractivity contribution >= 4 is 27.1 Å². The van der Waals surface area contributed by atoms with Crippen molar-refractivity contribution in [3.8, 4) is 0 Å². The Labute approximate surface area is 125 Å². The van der Waals surface area contributed by atoms with Crippen LogP contribution in [0.25, 0.3) is 0 Å². The Morgan fingerprint density at radius 2 is 1.57 bits per heavy atom. The quantitative estimate of drug-likeness (QED) is 0.891. The number of rotatable bonds is 5. The molecule has 5 nitrogen and oxygen atoms in total. The minimum Gasteiger partial charge on any atom is -0.388 e. The molecule has 0 spiro atoms. The van der Waals surface area contributed by atoms with Crippen molar-refractivity contribution in [2.75, 3.05) is 36.1 Å². The van der Waals surface area contributed by atoms with E-state index in [1.165, 1.54) is 0 Å². The molecule has 6 heteroatoms. The number of para-hydroxylation sites is 2. The first-order valence-corrected chi connectivity index (χ1v) is 7.99. The fourth-order valence-electron chi connectivity index (χ4n) is 1.95. The Kier molecular flexibility index (Phi) is 4.37. The summed E-state index contributed by atoms with van der Waals surface area (Å²) in [5, 5.41) is 2.96. The van der Waals surface area contributed by atoms with Gasteiger partial charge in [-0.2, -0.15) is 0 Å². The van der Waals surface area contributed by atoms with Crippen LogP contribution in [0.15, 0.2) is 53.4 Å². The first kappa shape index (κ1) is 15.2. The predicted molar refractivity (Wildman–Crippen MR) is 87.6 cm³/mol. The molecule has 21 heavy (non-hydrogen) atoms. The molecule has 0 aliphatic rings. The molecule has 2 aromatic rings. The van der Waals surface area contributed by atoms with Crippen LogP contribution in [0.3, 0.4) is 0 Å². The summed E-state index contributed by atoms with van der Waals surface area (Å²) in [6.45, 7) is 0. The van der Waals surface area contributed by atoms with Crippen molar-refractivity contribution in [3.63, 3.8) is 0 Å². The number of nitrogens with one attached hydrogen (secondary N) is 2.